The fourth-order valence-electron chi connectivity index (χ4n) is 1.36. The Morgan fingerprint density at radius 2 is 2.24 bits per heavy atom. The number of amidine groups is 1. The van der Waals surface area contributed by atoms with Gasteiger partial charge < -0.3 is 15.7 Å². The Balaban J connectivity index is 2.27. The zero-order valence-electron chi connectivity index (χ0n) is 9.82. The molecule has 4 nitrogen and oxygen atoms in total. The van der Waals surface area contributed by atoms with Crippen LogP contribution < -0.4 is 10.5 Å². The van der Waals surface area contributed by atoms with Crippen LogP contribution in [0.3, 0.4) is 0 Å². The molecule has 0 saturated carbocycles. The van der Waals surface area contributed by atoms with Crippen molar-refractivity contribution in [1.29, 1.82) is 0 Å². The predicted octanol–water partition coefficient (Wildman–Crippen LogP) is 2.94. The summed E-state index contributed by atoms with van der Waals surface area (Å²) in [6.45, 7) is 2.55. The Hall–Kier alpha value is -1.42. The van der Waals surface area contributed by atoms with Crippen LogP contribution in [-0.4, -0.2) is 17.6 Å². The van der Waals surface area contributed by atoms with Crippen molar-refractivity contribution in [3.63, 3.8) is 0 Å². The van der Waals surface area contributed by atoms with E-state index in [1.807, 2.05) is 25.1 Å². The highest BCUT2D eigenvalue weighted by atomic mass is 35.5. The van der Waals surface area contributed by atoms with Crippen molar-refractivity contribution in [2.45, 2.75) is 26.2 Å². The van der Waals surface area contributed by atoms with Gasteiger partial charge in [-0.1, -0.05) is 22.8 Å². The third-order valence-electron chi connectivity index (χ3n) is 2.30. The van der Waals surface area contributed by atoms with Gasteiger partial charge in [-0.05, 0) is 37.5 Å². The Morgan fingerprint density at radius 1 is 1.47 bits per heavy atom. The minimum atomic E-state index is 0.248. The van der Waals surface area contributed by atoms with Crippen LogP contribution in [0.2, 0.25) is 5.02 Å². The number of hydrogen-bond donors (Lipinski definition) is 2. The molecule has 0 heterocycles. The molecular weight excluding hydrogens is 240 g/mol. The first-order valence-corrected chi connectivity index (χ1v) is 5.86. The van der Waals surface area contributed by atoms with E-state index in [0.29, 0.717) is 23.8 Å². The van der Waals surface area contributed by atoms with Gasteiger partial charge >= 0.3 is 0 Å². The van der Waals surface area contributed by atoms with Crippen molar-refractivity contribution in [3.05, 3.63) is 28.8 Å². The Morgan fingerprint density at radius 3 is 2.88 bits per heavy atom. The highest BCUT2D eigenvalue weighted by molar-refractivity contribution is 6.32. The minimum absolute atomic E-state index is 0.248. The fraction of sp³-hybridized carbons (Fsp3) is 0.417. The van der Waals surface area contributed by atoms with Crippen molar-refractivity contribution >= 4 is 17.4 Å². The first-order chi connectivity index (χ1) is 8.13. The number of aryl methyl sites for hydroxylation is 1. The Bertz CT molecular complexity index is 394. The largest absolute Gasteiger partial charge is 0.492 e. The first kappa shape index (κ1) is 13.6. The number of rotatable bonds is 6. The first-order valence-electron chi connectivity index (χ1n) is 5.49. The molecule has 0 aliphatic rings. The van der Waals surface area contributed by atoms with Crippen LogP contribution in [0.1, 0.15) is 24.8 Å². The second kappa shape index (κ2) is 7.01. The summed E-state index contributed by atoms with van der Waals surface area (Å²) in [7, 11) is 0. The van der Waals surface area contributed by atoms with E-state index in [0.717, 1.165) is 18.4 Å². The van der Waals surface area contributed by atoms with Gasteiger partial charge in [-0.15, -0.1) is 0 Å². The molecule has 1 aromatic rings. The molecule has 0 bridgehead atoms. The number of benzene rings is 1. The number of ether oxygens (including phenoxy) is 1. The molecule has 0 amide bonds. The van der Waals surface area contributed by atoms with Crippen molar-refractivity contribution < 1.29 is 9.94 Å². The molecule has 0 unspecified atom stereocenters. The summed E-state index contributed by atoms with van der Waals surface area (Å²) in [5.41, 5.74) is 6.45. The molecule has 17 heavy (non-hydrogen) atoms. The lowest BCUT2D eigenvalue weighted by Crippen LogP contribution is -2.11. The molecule has 1 rings (SSSR count). The van der Waals surface area contributed by atoms with Crippen LogP contribution in [0.4, 0.5) is 0 Å². The average molecular weight is 257 g/mol. The average Bonchev–Trinajstić information content (AvgIpc) is 2.30. The van der Waals surface area contributed by atoms with Gasteiger partial charge in [0.2, 0.25) is 0 Å². The zero-order valence-corrected chi connectivity index (χ0v) is 10.6. The van der Waals surface area contributed by atoms with E-state index in [-0.39, 0.29) is 5.84 Å². The summed E-state index contributed by atoms with van der Waals surface area (Å²) in [5.74, 6) is 0.944. The molecule has 1 aromatic carbocycles. The second-order valence-corrected chi connectivity index (χ2v) is 4.24. The quantitative estimate of drug-likeness (QED) is 0.270. The van der Waals surface area contributed by atoms with Crippen LogP contribution >= 0.6 is 11.6 Å². The van der Waals surface area contributed by atoms with Crippen molar-refractivity contribution in [2.24, 2.45) is 10.9 Å². The summed E-state index contributed by atoms with van der Waals surface area (Å²) < 4.78 is 5.53. The molecule has 0 spiro atoms. The number of nitrogens with two attached hydrogens (primary N) is 1. The molecule has 0 atom stereocenters. The molecule has 0 radical (unpaired) electrons. The molecule has 0 aliphatic heterocycles. The molecule has 0 saturated heterocycles. The summed E-state index contributed by atoms with van der Waals surface area (Å²) in [6, 6.07) is 5.69. The predicted molar refractivity (Wildman–Crippen MR) is 68.9 cm³/mol. The van der Waals surface area contributed by atoms with Gasteiger partial charge in [-0.25, -0.2) is 0 Å². The lowest BCUT2D eigenvalue weighted by Gasteiger charge is -2.08. The minimum Gasteiger partial charge on any atom is -0.492 e. The van der Waals surface area contributed by atoms with Crippen LogP contribution in [0.25, 0.3) is 0 Å². The summed E-state index contributed by atoms with van der Waals surface area (Å²) in [6.07, 6.45) is 2.22. The van der Waals surface area contributed by atoms with E-state index in [4.69, 9.17) is 27.3 Å². The molecule has 3 N–H and O–H groups in total. The van der Waals surface area contributed by atoms with E-state index in [9.17, 15) is 0 Å². The van der Waals surface area contributed by atoms with Crippen molar-refractivity contribution in [1.82, 2.24) is 0 Å². The lowest BCUT2D eigenvalue weighted by molar-refractivity contribution is 0.305. The number of oxime groups is 1. The summed E-state index contributed by atoms with van der Waals surface area (Å²) in [5, 5.41) is 11.9. The van der Waals surface area contributed by atoms with Gasteiger partial charge in [0.25, 0.3) is 0 Å². The number of halogens is 1. The number of nitrogens with zero attached hydrogens (tertiary/aromatic N) is 1. The Labute approximate surface area is 106 Å². The maximum atomic E-state index is 8.35. The van der Waals surface area contributed by atoms with Gasteiger partial charge in [0.1, 0.15) is 11.6 Å². The molecule has 0 aliphatic carbocycles. The van der Waals surface area contributed by atoms with Gasteiger partial charge in [0, 0.05) is 6.42 Å². The lowest BCUT2D eigenvalue weighted by atomic mass is 10.2. The highest BCUT2D eigenvalue weighted by Gasteiger charge is 2.01. The highest BCUT2D eigenvalue weighted by Crippen LogP contribution is 2.25. The normalized spacial score (nSPS) is 11.5. The smallest absolute Gasteiger partial charge is 0.139 e. The Kier molecular flexibility index (Phi) is 5.63. The maximum absolute atomic E-state index is 8.35. The molecular formula is C12H17ClN2O2. The monoisotopic (exact) mass is 256 g/mol. The van der Waals surface area contributed by atoms with E-state index in [1.54, 1.807) is 0 Å². The topological polar surface area (TPSA) is 67.8 Å². The molecule has 94 valence electrons. The SMILES string of the molecule is Cc1ccc(OCCCCC(N)=NO)c(Cl)c1. The van der Waals surface area contributed by atoms with Gasteiger partial charge in [0.05, 0.1) is 11.6 Å². The summed E-state index contributed by atoms with van der Waals surface area (Å²) in [4.78, 5) is 0. The second-order valence-electron chi connectivity index (χ2n) is 3.83. The standard InChI is InChI=1S/C12H17ClN2O2/c1-9-5-6-11(10(13)8-9)17-7-3-2-4-12(14)15-16/h5-6,8,16H,2-4,7H2,1H3,(H2,14,15). The zero-order chi connectivity index (χ0) is 12.7. The third-order valence-corrected chi connectivity index (χ3v) is 2.60. The van der Waals surface area contributed by atoms with Crippen molar-refractivity contribution in [2.75, 3.05) is 6.61 Å². The maximum Gasteiger partial charge on any atom is 0.139 e. The van der Waals surface area contributed by atoms with Crippen LogP contribution in [0.15, 0.2) is 23.4 Å². The third kappa shape index (κ3) is 4.95. The van der Waals surface area contributed by atoms with Crippen LogP contribution in [-0.2, 0) is 0 Å². The van der Waals surface area contributed by atoms with Gasteiger partial charge in [-0.2, -0.15) is 0 Å². The number of unbranched alkanes of at least 4 members (excludes halogenated alkanes) is 1. The van der Waals surface area contributed by atoms with Gasteiger partial charge in [-0.3, -0.25) is 0 Å². The molecule has 0 aromatic heterocycles. The molecule has 0 fully saturated rings. The van der Waals surface area contributed by atoms with E-state index in [2.05, 4.69) is 5.16 Å². The van der Waals surface area contributed by atoms with Crippen LogP contribution in [0.5, 0.6) is 5.75 Å². The van der Waals surface area contributed by atoms with E-state index >= 15 is 0 Å². The van der Waals surface area contributed by atoms with E-state index in [1.165, 1.54) is 0 Å². The number of hydrogen-bond acceptors (Lipinski definition) is 3. The van der Waals surface area contributed by atoms with Gasteiger partial charge in [0.15, 0.2) is 0 Å². The summed E-state index contributed by atoms with van der Waals surface area (Å²) >= 11 is 6.02. The fourth-order valence-corrected chi connectivity index (χ4v) is 1.65. The van der Waals surface area contributed by atoms with Crippen LogP contribution in [0, 0.1) is 6.92 Å². The van der Waals surface area contributed by atoms with Crippen molar-refractivity contribution in [3.8, 4) is 5.75 Å². The van der Waals surface area contributed by atoms with E-state index < -0.39 is 0 Å². The molecule has 5 heteroatoms.